The molecule has 1 rings (SSSR count). The van der Waals surface area contributed by atoms with Gasteiger partial charge in [-0.25, -0.2) is 0 Å². The summed E-state index contributed by atoms with van der Waals surface area (Å²) >= 11 is 9.20. The van der Waals surface area contributed by atoms with E-state index in [2.05, 4.69) is 15.9 Å². The predicted octanol–water partition coefficient (Wildman–Crippen LogP) is 4.72. The number of carbonyl (C=O) groups is 1. The quantitative estimate of drug-likeness (QED) is 0.733. The molecule has 0 unspecified atom stereocenters. The summed E-state index contributed by atoms with van der Waals surface area (Å²) < 4.78 is 0.784. The third kappa shape index (κ3) is 3.05. The average Bonchev–Trinajstić information content (AvgIpc) is 2.19. The minimum absolute atomic E-state index is 0.113. The molecule has 0 radical (unpaired) electrons. The highest BCUT2D eigenvalue weighted by atomic mass is 79.9. The fourth-order valence-electron chi connectivity index (χ4n) is 1.57. The van der Waals surface area contributed by atoms with Gasteiger partial charge >= 0.3 is 0 Å². The number of hydrogen-bond acceptors (Lipinski definition) is 1. The van der Waals surface area contributed by atoms with Crippen LogP contribution in [0.4, 0.5) is 0 Å². The van der Waals surface area contributed by atoms with E-state index < -0.39 is 0 Å². The molecule has 0 heterocycles. The lowest BCUT2D eigenvalue weighted by molar-refractivity contribution is 0.0912. The maximum Gasteiger partial charge on any atom is 0.167 e. The van der Waals surface area contributed by atoms with Gasteiger partial charge in [-0.2, -0.15) is 0 Å². The smallest absolute Gasteiger partial charge is 0.167 e. The molecule has 82 valence electrons. The fraction of sp³-hybridized carbons (Fsp3) is 0.417. The Morgan fingerprint density at radius 1 is 1.40 bits per heavy atom. The van der Waals surface area contributed by atoms with Crippen LogP contribution in [0.1, 0.15) is 37.0 Å². The molecule has 3 heteroatoms. The molecule has 1 aromatic rings. The summed E-state index contributed by atoms with van der Waals surface area (Å²) in [6.07, 6.45) is 1.76. The van der Waals surface area contributed by atoms with Crippen LogP contribution in [0.15, 0.2) is 22.7 Å². The lowest BCUT2D eigenvalue weighted by atomic mass is 9.93. The highest BCUT2D eigenvalue weighted by Crippen LogP contribution is 2.25. The van der Waals surface area contributed by atoms with E-state index in [1.54, 1.807) is 18.2 Å². The summed E-state index contributed by atoms with van der Waals surface area (Å²) in [7, 11) is 0. The summed E-state index contributed by atoms with van der Waals surface area (Å²) in [6, 6.07) is 5.30. The summed E-state index contributed by atoms with van der Waals surface area (Å²) in [6.45, 7) is 4.08. The number of benzene rings is 1. The van der Waals surface area contributed by atoms with Gasteiger partial charge in [-0.15, -0.1) is 0 Å². The molecule has 1 nitrogen and oxygen atoms in total. The number of halogens is 2. The second kappa shape index (κ2) is 5.66. The van der Waals surface area contributed by atoms with Gasteiger partial charge in [0.05, 0.1) is 0 Å². The van der Waals surface area contributed by atoms with Crippen molar-refractivity contribution in [1.82, 2.24) is 0 Å². The Balaban J connectivity index is 3.00. The molecule has 0 bridgehead atoms. The van der Waals surface area contributed by atoms with Crippen LogP contribution in [-0.2, 0) is 0 Å². The van der Waals surface area contributed by atoms with Crippen molar-refractivity contribution in [2.24, 2.45) is 5.92 Å². The lowest BCUT2D eigenvalue weighted by Gasteiger charge is -2.12. The summed E-state index contributed by atoms with van der Waals surface area (Å²) in [5.41, 5.74) is 0.730. The van der Waals surface area contributed by atoms with Crippen LogP contribution in [0.3, 0.4) is 0 Å². The molecule has 0 saturated carbocycles. The summed E-state index contributed by atoms with van der Waals surface area (Å²) in [5.74, 6) is 0.311. The first kappa shape index (κ1) is 12.7. The van der Waals surface area contributed by atoms with Crippen molar-refractivity contribution in [2.75, 3.05) is 0 Å². The second-order valence-electron chi connectivity index (χ2n) is 3.50. The van der Waals surface area contributed by atoms with E-state index in [0.717, 1.165) is 22.9 Å². The maximum atomic E-state index is 12.1. The van der Waals surface area contributed by atoms with E-state index in [0.29, 0.717) is 5.02 Å². The van der Waals surface area contributed by atoms with Gasteiger partial charge < -0.3 is 0 Å². The van der Waals surface area contributed by atoms with Crippen LogP contribution < -0.4 is 0 Å². The van der Waals surface area contributed by atoms with Gasteiger partial charge in [-0.3, -0.25) is 4.79 Å². The van der Waals surface area contributed by atoms with Gasteiger partial charge in [0.25, 0.3) is 0 Å². The Morgan fingerprint density at radius 2 is 2.00 bits per heavy atom. The van der Waals surface area contributed by atoms with Gasteiger partial charge in [0.1, 0.15) is 0 Å². The molecule has 0 aromatic heterocycles. The van der Waals surface area contributed by atoms with Gasteiger partial charge in [0.2, 0.25) is 0 Å². The molecule has 0 N–H and O–H groups in total. The van der Waals surface area contributed by atoms with Crippen LogP contribution in [0.5, 0.6) is 0 Å². The van der Waals surface area contributed by atoms with E-state index in [1.165, 1.54) is 0 Å². The monoisotopic (exact) mass is 288 g/mol. The SMILES string of the molecule is CCC(CC)C(=O)c1ccc(Cl)cc1Br. The third-order valence-electron chi connectivity index (χ3n) is 2.55. The molecule has 15 heavy (non-hydrogen) atoms. The topological polar surface area (TPSA) is 17.1 Å². The zero-order valence-electron chi connectivity index (χ0n) is 8.89. The Hall–Kier alpha value is -0.340. The zero-order chi connectivity index (χ0) is 11.4. The van der Waals surface area contributed by atoms with Crippen molar-refractivity contribution in [2.45, 2.75) is 26.7 Å². The molecule has 0 fully saturated rings. The molecular formula is C12H14BrClO. The van der Waals surface area contributed by atoms with Crippen LogP contribution >= 0.6 is 27.5 Å². The molecule has 1 aromatic carbocycles. The molecule has 0 aliphatic heterocycles. The Morgan fingerprint density at radius 3 is 2.47 bits per heavy atom. The predicted molar refractivity (Wildman–Crippen MR) is 67.6 cm³/mol. The van der Waals surface area contributed by atoms with E-state index in [1.807, 2.05) is 13.8 Å². The normalized spacial score (nSPS) is 10.7. The Labute approximate surface area is 104 Å². The van der Waals surface area contributed by atoms with Gasteiger partial charge in [-0.1, -0.05) is 25.4 Å². The van der Waals surface area contributed by atoms with Gasteiger partial charge in [0.15, 0.2) is 5.78 Å². The molecule has 0 spiro atoms. The van der Waals surface area contributed by atoms with Crippen molar-refractivity contribution in [3.63, 3.8) is 0 Å². The van der Waals surface area contributed by atoms with Crippen LogP contribution in [0, 0.1) is 5.92 Å². The highest BCUT2D eigenvalue weighted by Gasteiger charge is 2.18. The number of carbonyl (C=O) groups excluding carboxylic acids is 1. The third-order valence-corrected chi connectivity index (χ3v) is 3.44. The number of Topliss-reactive ketones (excluding diaryl/α,β-unsaturated/α-hetero) is 1. The van der Waals surface area contributed by atoms with Crippen LogP contribution in [0.2, 0.25) is 5.02 Å². The molecule has 0 saturated heterocycles. The van der Waals surface area contributed by atoms with Gasteiger partial charge in [0, 0.05) is 21.0 Å². The van der Waals surface area contributed by atoms with Crippen molar-refractivity contribution >= 4 is 33.3 Å². The van der Waals surface area contributed by atoms with Crippen LogP contribution in [-0.4, -0.2) is 5.78 Å². The average molecular weight is 290 g/mol. The van der Waals surface area contributed by atoms with Crippen molar-refractivity contribution in [3.05, 3.63) is 33.3 Å². The highest BCUT2D eigenvalue weighted by molar-refractivity contribution is 9.10. The van der Waals surface area contributed by atoms with E-state index >= 15 is 0 Å². The molecule has 0 atom stereocenters. The van der Waals surface area contributed by atoms with Crippen LogP contribution in [0.25, 0.3) is 0 Å². The first-order valence-electron chi connectivity index (χ1n) is 5.09. The fourth-order valence-corrected chi connectivity index (χ4v) is 2.45. The minimum Gasteiger partial charge on any atom is -0.294 e. The van der Waals surface area contributed by atoms with E-state index in [9.17, 15) is 4.79 Å². The molecule has 0 amide bonds. The number of hydrogen-bond donors (Lipinski definition) is 0. The van der Waals surface area contributed by atoms with E-state index in [4.69, 9.17) is 11.6 Å². The Bertz CT molecular complexity index is 359. The van der Waals surface area contributed by atoms with Crippen molar-refractivity contribution in [3.8, 4) is 0 Å². The first-order chi connectivity index (χ1) is 7.10. The van der Waals surface area contributed by atoms with E-state index in [-0.39, 0.29) is 11.7 Å². The molecular weight excluding hydrogens is 275 g/mol. The van der Waals surface area contributed by atoms with Gasteiger partial charge in [-0.05, 0) is 47.0 Å². The number of rotatable bonds is 4. The molecule has 0 aliphatic carbocycles. The molecule has 0 aliphatic rings. The Kier molecular flexibility index (Phi) is 4.81. The standard InChI is InChI=1S/C12H14BrClO/c1-3-8(4-2)12(15)10-6-5-9(14)7-11(10)13/h5-8H,3-4H2,1-2H3. The minimum atomic E-state index is 0.113. The summed E-state index contributed by atoms with van der Waals surface area (Å²) in [4.78, 5) is 12.1. The number of ketones is 1. The van der Waals surface area contributed by atoms with Crippen molar-refractivity contribution < 1.29 is 4.79 Å². The zero-order valence-corrected chi connectivity index (χ0v) is 11.2. The largest absolute Gasteiger partial charge is 0.294 e. The first-order valence-corrected chi connectivity index (χ1v) is 6.26. The second-order valence-corrected chi connectivity index (χ2v) is 4.79. The summed E-state index contributed by atoms with van der Waals surface area (Å²) in [5, 5.41) is 0.642. The van der Waals surface area contributed by atoms with Crippen molar-refractivity contribution in [1.29, 1.82) is 0 Å². The lowest BCUT2D eigenvalue weighted by Crippen LogP contribution is -2.13. The maximum absolute atomic E-state index is 12.1.